The SMILES string of the molecule is CC1c2cc(C(=O)O)ccc2OCCN1C(=O)O. The maximum absolute atomic E-state index is 11.1. The van der Waals surface area contributed by atoms with E-state index in [0.717, 1.165) is 0 Å². The van der Waals surface area contributed by atoms with Crippen molar-refractivity contribution in [2.24, 2.45) is 0 Å². The lowest BCUT2D eigenvalue weighted by Crippen LogP contribution is -2.33. The van der Waals surface area contributed by atoms with Crippen molar-refractivity contribution in [2.75, 3.05) is 13.2 Å². The van der Waals surface area contributed by atoms with Gasteiger partial charge in [0.15, 0.2) is 0 Å². The summed E-state index contributed by atoms with van der Waals surface area (Å²) in [6, 6.07) is 4.05. The van der Waals surface area contributed by atoms with Gasteiger partial charge in [0.2, 0.25) is 0 Å². The Morgan fingerprint density at radius 3 is 2.72 bits per heavy atom. The van der Waals surface area contributed by atoms with Crippen molar-refractivity contribution in [3.8, 4) is 5.75 Å². The third-order valence-electron chi connectivity index (χ3n) is 3.01. The van der Waals surface area contributed by atoms with Crippen LogP contribution in [0.3, 0.4) is 0 Å². The van der Waals surface area contributed by atoms with Crippen molar-refractivity contribution in [2.45, 2.75) is 13.0 Å². The van der Waals surface area contributed by atoms with Crippen LogP contribution in [0.2, 0.25) is 0 Å². The molecule has 18 heavy (non-hydrogen) atoms. The Hall–Kier alpha value is -2.24. The number of rotatable bonds is 1. The number of nitrogens with zero attached hydrogens (tertiary/aromatic N) is 1. The van der Waals surface area contributed by atoms with Crippen LogP contribution in [-0.2, 0) is 0 Å². The summed E-state index contributed by atoms with van der Waals surface area (Å²) in [5, 5.41) is 18.0. The predicted octanol–water partition coefficient (Wildman–Crippen LogP) is 1.82. The Bertz CT molecular complexity index is 499. The van der Waals surface area contributed by atoms with Crippen LogP contribution in [-0.4, -0.2) is 40.3 Å². The van der Waals surface area contributed by atoms with Gasteiger partial charge in [-0.3, -0.25) is 4.90 Å². The molecule has 96 valence electrons. The van der Waals surface area contributed by atoms with Gasteiger partial charge in [0.25, 0.3) is 0 Å². The molecule has 1 atom stereocenters. The minimum Gasteiger partial charge on any atom is -0.491 e. The minimum atomic E-state index is -1.05. The van der Waals surface area contributed by atoms with Crippen LogP contribution in [0, 0.1) is 0 Å². The Morgan fingerprint density at radius 2 is 2.11 bits per heavy atom. The van der Waals surface area contributed by atoms with Crippen LogP contribution >= 0.6 is 0 Å². The summed E-state index contributed by atoms with van der Waals surface area (Å²) in [5.74, 6) is -0.507. The molecule has 1 aliphatic heterocycles. The number of carboxylic acids is 1. The summed E-state index contributed by atoms with van der Waals surface area (Å²) in [5.41, 5.74) is 0.700. The number of hydrogen-bond donors (Lipinski definition) is 2. The van der Waals surface area contributed by atoms with E-state index in [4.69, 9.17) is 14.9 Å². The molecule has 0 aliphatic carbocycles. The van der Waals surface area contributed by atoms with E-state index in [9.17, 15) is 9.59 Å². The number of fused-ring (bicyclic) bond motifs is 1. The second-order valence-corrected chi connectivity index (χ2v) is 4.06. The van der Waals surface area contributed by atoms with E-state index in [2.05, 4.69) is 0 Å². The van der Waals surface area contributed by atoms with Gasteiger partial charge in [-0.25, -0.2) is 9.59 Å². The number of carboxylic acid groups (broad SMARTS) is 2. The number of amides is 1. The molecule has 0 fully saturated rings. The number of carbonyl (C=O) groups is 2. The smallest absolute Gasteiger partial charge is 0.407 e. The topological polar surface area (TPSA) is 87.1 Å². The third kappa shape index (κ3) is 2.09. The lowest BCUT2D eigenvalue weighted by molar-refractivity contribution is 0.0696. The van der Waals surface area contributed by atoms with E-state index >= 15 is 0 Å². The largest absolute Gasteiger partial charge is 0.491 e. The molecular formula is C12H13NO5. The number of ether oxygens (including phenoxy) is 1. The molecule has 1 amide bonds. The molecule has 0 radical (unpaired) electrons. The number of benzene rings is 1. The van der Waals surface area contributed by atoms with E-state index in [0.29, 0.717) is 11.3 Å². The molecule has 6 heteroatoms. The Kier molecular flexibility index (Phi) is 3.10. The molecule has 0 bridgehead atoms. The first-order valence-electron chi connectivity index (χ1n) is 5.50. The van der Waals surface area contributed by atoms with Crippen LogP contribution in [0.25, 0.3) is 0 Å². The van der Waals surface area contributed by atoms with Crippen LogP contribution in [0.1, 0.15) is 28.9 Å². The van der Waals surface area contributed by atoms with E-state index < -0.39 is 18.1 Å². The number of aromatic carboxylic acids is 1. The van der Waals surface area contributed by atoms with Gasteiger partial charge in [-0.2, -0.15) is 0 Å². The van der Waals surface area contributed by atoms with E-state index in [1.54, 1.807) is 13.0 Å². The summed E-state index contributed by atoms with van der Waals surface area (Å²) in [6.07, 6.45) is -1.04. The lowest BCUT2D eigenvalue weighted by Gasteiger charge is -2.23. The molecule has 0 aromatic heterocycles. The van der Waals surface area contributed by atoms with Crippen LogP contribution in [0.4, 0.5) is 4.79 Å². The third-order valence-corrected chi connectivity index (χ3v) is 3.01. The lowest BCUT2D eigenvalue weighted by atomic mass is 10.0. The predicted molar refractivity (Wildman–Crippen MR) is 62.0 cm³/mol. The monoisotopic (exact) mass is 251 g/mol. The highest BCUT2D eigenvalue weighted by Crippen LogP contribution is 2.32. The summed E-state index contributed by atoms with van der Waals surface area (Å²) in [4.78, 5) is 23.3. The van der Waals surface area contributed by atoms with E-state index in [1.807, 2.05) is 0 Å². The van der Waals surface area contributed by atoms with Gasteiger partial charge in [-0.1, -0.05) is 0 Å². The zero-order valence-corrected chi connectivity index (χ0v) is 9.79. The van der Waals surface area contributed by atoms with Gasteiger partial charge in [0.05, 0.1) is 18.2 Å². The van der Waals surface area contributed by atoms with E-state index in [1.165, 1.54) is 17.0 Å². The zero-order chi connectivity index (χ0) is 13.3. The molecule has 1 aromatic rings. The molecule has 0 spiro atoms. The van der Waals surface area contributed by atoms with Gasteiger partial charge in [-0.05, 0) is 25.1 Å². The summed E-state index contributed by atoms with van der Waals surface area (Å²) in [7, 11) is 0. The van der Waals surface area contributed by atoms with Crippen molar-refractivity contribution in [1.29, 1.82) is 0 Å². The maximum Gasteiger partial charge on any atom is 0.407 e. The van der Waals surface area contributed by atoms with Gasteiger partial charge >= 0.3 is 12.1 Å². The Balaban J connectivity index is 2.46. The fourth-order valence-corrected chi connectivity index (χ4v) is 2.02. The molecule has 0 saturated carbocycles. The normalized spacial score (nSPS) is 18.5. The van der Waals surface area contributed by atoms with Crippen molar-refractivity contribution < 1.29 is 24.5 Å². The van der Waals surface area contributed by atoms with Gasteiger partial charge in [-0.15, -0.1) is 0 Å². The fourth-order valence-electron chi connectivity index (χ4n) is 2.02. The van der Waals surface area contributed by atoms with Crippen molar-refractivity contribution in [3.63, 3.8) is 0 Å². The first kappa shape index (κ1) is 12.2. The zero-order valence-electron chi connectivity index (χ0n) is 9.79. The highest BCUT2D eigenvalue weighted by molar-refractivity contribution is 5.88. The standard InChI is InChI=1S/C12H13NO5/c1-7-9-6-8(11(14)15)2-3-10(9)18-5-4-13(7)12(16)17/h2-3,6-7H,4-5H2,1H3,(H,14,15)(H,16,17). The summed E-state index contributed by atoms with van der Waals surface area (Å²) >= 11 is 0. The first-order valence-corrected chi connectivity index (χ1v) is 5.50. The molecule has 1 heterocycles. The minimum absolute atomic E-state index is 0.122. The molecule has 0 saturated heterocycles. The highest BCUT2D eigenvalue weighted by atomic mass is 16.5. The molecule has 1 aromatic carbocycles. The second kappa shape index (κ2) is 4.56. The Morgan fingerprint density at radius 1 is 1.39 bits per heavy atom. The van der Waals surface area contributed by atoms with Gasteiger partial charge in [0.1, 0.15) is 12.4 Å². The summed E-state index contributed by atoms with van der Waals surface area (Å²) < 4.78 is 5.44. The van der Waals surface area contributed by atoms with Gasteiger partial charge in [0, 0.05) is 5.56 Å². The molecule has 1 unspecified atom stereocenters. The second-order valence-electron chi connectivity index (χ2n) is 4.06. The highest BCUT2D eigenvalue weighted by Gasteiger charge is 2.27. The fraction of sp³-hybridized carbons (Fsp3) is 0.333. The average molecular weight is 251 g/mol. The van der Waals surface area contributed by atoms with Crippen LogP contribution in [0.15, 0.2) is 18.2 Å². The van der Waals surface area contributed by atoms with Crippen molar-refractivity contribution >= 4 is 12.1 Å². The summed E-state index contributed by atoms with van der Waals surface area (Å²) in [6.45, 7) is 2.23. The molecule has 2 N–H and O–H groups in total. The van der Waals surface area contributed by atoms with E-state index in [-0.39, 0.29) is 18.7 Å². The quantitative estimate of drug-likeness (QED) is 0.794. The van der Waals surface area contributed by atoms with Crippen molar-refractivity contribution in [3.05, 3.63) is 29.3 Å². The number of hydrogen-bond acceptors (Lipinski definition) is 3. The first-order chi connectivity index (χ1) is 8.50. The Labute approximate surface area is 103 Å². The maximum atomic E-state index is 11.1. The average Bonchev–Trinajstić information content (AvgIpc) is 2.48. The molecular weight excluding hydrogens is 238 g/mol. The molecule has 2 rings (SSSR count). The molecule has 1 aliphatic rings. The van der Waals surface area contributed by atoms with Crippen LogP contribution in [0.5, 0.6) is 5.75 Å². The van der Waals surface area contributed by atoms with Crippen LogP contribution < -0.4 is 4.74 Å². The molecule has 6 nitrogen and oxygen atoms in total. The van der Waals surface area contributed by atoms with Gasteiger partial charge < -0.3 is 14.9 Å². The van der Waals surface area contributed by atoms with Crippen molar-refractivity contribution in [1.82, 2.24) is 4.90 Å².